The average Bonchev–Trinajstić information content (AvgIpc) is 1.83. The standard InChI is InChI=1S/C7H11O/c1-3-4-5-7(2)6-8/h3-5H,6H2,1-2H3. The van der Waals surface area contributed by atoms with Crippen molar-refractivity contribution in [3.8, 4) is 0 Å². The van der Waals surface area contributed by atoms with E-state index in [1.54, 1.807) is 0 Å². The second-order valence-corrected chi connectivity index (χ2v) is 1.68. The maximum absolute atomic E-state index is 10.0. The zero-order chi connectivity index (χ0) is 6.41. The van der Waals surface area contributed by atoms with E-state index in [4.69, 9.17) is 0 Å². The predicted octanol–water partition coefficient (Wildman–Crippen LogP) is 1.94. The minimum absolute atomic E-state index is 0.0929. The number of hydrogen-bond donors (Lipinski definition) is 0. The Labute approximate surface area is 50.3 Å². The van der Waals surface area contributed by atoms with Crippen molar-refractivity contribution in [2.24, 2.45) is 0 Å². The van der Waals surface area contributed by atoms with Gasteiger partial charge in [-0.1, -0.05) is 18.2 Å². The highest BCUT2D eigenvalue weighted by Gasteiger charge is 1.78. The van der Waals surface area contributed by atoms with Crippen LogP contribution < -0.4 is 0 Å². The van der Waals surface area contributed by atoms with E-state index < -0.39 is 0 Å². The molecule has 0 atom stereocenters. The molecular weight excluding hydrogens is 100 g/mol. The highest BCUT2D eigenvalue weighted by Crippen LogP contribution is 1.89. The van der Waals surface area contributed by atoms with Crippen molar-refractivity contribution >= 4 is 0 Å². The summed E-state index contributed by atoms with van der Waals surface area (Å²) in [7, 11) is 0. The summed E-state index contributed by atoms with van der Waals surface area (Å²) in [5, 5.41) is 10.0. The van der Waals surface area contributed by atoms with Crippen LogP contribution in [0.5, 0.6) is 0 Å². The fourth-order valence-electron chi connectivity index (χ4n) is 0.309. The third kappa shape index (κ3) is 3.62. The minimum Gasteiger partial charge on any atom is -0.232 e. The number of allylic oxidation sites excluding steroid dienone is 3. The zero-order valence-corrected chi connectivity index (χ0v) is 5.35. The van der Waals surface area contributed by atoms with Gasteiger partial charge >= 0.3 is 0 Å². The molecule has 0 fully saturated rings. The van der Waals surface area contributed by atoms with E-state index in [0.29, 0.717) is 0 Å². The maximum Gasteiger partial charge on any atom is 0.103 e. The van der Waals surface area contributed by atoms with Crippen LogP contribution in [0.1, 0.15) is 13.8 Å². The summed E-state index contributed by atoms with van der Waals surface area (Å²) in [6.07, 6.45) is 5.60. The summed E-state index contributed by atoms with van der Waals surface area (Å²) in [5.41, 5.74) is 0.878. The molecule has 1 heteroatoms. The van der Waals surface area contributed by atoms with Gasteiger partial charge in [0.15, 0.2) is 0 Å². The minimum atomic E-state index is -0.0929. The molecule has 0 N–H and O–H groups in total. The second kappa shape index (κ2) is 4.60. The number of rotatable bonds is 2. The van der Waals surface area contributed by atoms with Crippen LogP contribution in [-0.4, -0.2) is 6.61 Å². The Morgan fingerprint density at radius 1 is 1.62 bits per heavy atom. The fraction of sp³-hybridized carbons (Fsp3) is 0.429. The summed E-state index contributed by atoms with van der Waals surface area (Å²) in [5.74, 6) is 0. The summed E-state index contributed by atoms with van der Waals surface area (Å²) in [6.45, 7) is 3.66. The molecule has 8 heavy (non-hydrogen) atoms. The molecule has 0 amide bonds. The van der Waals surface area contributed by atoms with Gasteiger partial charge in [0.2, 0.25) is 0 Å². The topological polar surface area (TPSA) is 19.9 Å². The highest BCUT2D eigenvalue weighted by molar-refractivity contribution is 5.09. The van der Waals surface area contributed by atoms with Gasteiger partial charge in [-0.15, -0.1) is 0 Å². The smallest absolute Gasteiger partial charge is 0.103 e. The van der Waals surface area contributed by atoms with Gasteiger partial charge in [0.1, 0.15) is 6.61 Å². The van der Waals surface area contributed by atoms with Gasteiger partial charge in [0.25, 0.3) is 0 Å². The second-order valence-electron chi connectivity index (χ2n) is 1.68. The SMILES string of the molecule is CC=CC=C(C)C[O]. The van der Waals surface area contributed by atoms with E-state index in [2.05, 4.69) is 0 Å². The lowest BCUT2D eigenvalue weighted by Crippen LogP contribution is -1.78. The van der Waals surface area contributed by atoms with Gasteiger partial charge in [-0.2, -0.15) is 0 Å². The Balaban J connectivity index is 3.57. The van der Waals surface area contributed by atoms with Crippen LogP contribution in [0.15, 0.2) is 23.8 Å². The molecule has 0 spiro atoms. The lowest BCUT2D eigenvalue weighted by atomic mass is 10.3. The average molecular weight is 111 g/mol. The summed E-state index contributed by atoms with van der Waals surface area (Å²) < 4.78 is 0. The molecule has 0 heterocycles. The zero-order valence-electron chi connectivity index (χ0n) is 5.35. The van der Waals surface area contributed by atoms with Crippen molar-refractivity contribution in [1.29, 1.82) is 0 Å². The van der Waals surface area contributed by atoms with Crippen molar-refractivity contribution in [3.05, 3.63) is 23.8 Å². The van der Waals surface area contributed by atoms with Crippen LogP contribution in [0.25, 0.3) is 0 Å². The third-order valence-electron chi connectivity index (χ3n) is 0.801. The molecule has 0 aromatic heterocycles. The maximum atomic E-state index is 10.0. The van der Waals surface area contributed by atoms with Crippen LogP contribution in [0.3, 0.4) is 0 Å². The molecule has 0 saturated carbocycles. The van der Waals surface area contributed by atoms with Crippen LogP contribution in [0, 0.1) is 0 Å². The van der Waals surface area contributed by atoms with Crippen molar-refractivity contribution < 1.29 is 5.11 Å². The lowest BCUT2D eigenvalue weighted by molar-refractivity contribution is 0.223. The third-order valence-corrected chi connectivity index (χ3v) is 0.801. The first kappa shape index (κ1) is 7.44. The highest BCUT2D eigenvalue weighted by atomic mass is 16.3. The Hall–Kier alpha value is -0.560. The van der Waals surface area contributed by atoms with Crippen molar-refractivity contribution in [1.82, 2.24) is 0 Å². The van der Waals surface area contributed by atoms with Crippen LogP contribution in [-0.2, 0) is 5.11 Å². The predicted molar refractivity (Wildman–Crippen MR) is 34.1 cm³/mol. The summed E-state index contributed by atoms with van der Waals surface area (Å²) in [6, 6.07) is 0. The number of hydrogen-bond acceptors (Lipinski definition) is 0. The van der Waals surface area contributed by atoms with Gasteiger partial charge < -0.3 is 0 Å². The van der Waals surface area contributed by atoms with Gasteiger partial charge in [0, 0.05) is 0 Å². The fourth-order valence-corrected chi connectivity index (χ4v) is 0.309. The van der Waals surface area contributed by atoms with E-state index in [0.717, 1.165) is 5.57 Å². The van der Waals surface area contributed by atoms with Gasteiger partial charge in [-0.05, 0) is 19.4 Å². The van der Waals surface area contributed by atoms with Crippen LogP contribution in [0.2, 0.25) is 0 Å². The Morgan fingerprint density at radius 3 is 2.62 bits per heavy atom. The monoisotopic (exact) mass is 111 g/mol. The van der Waals surface area contributed by atoms with Crippen molar-refractivity contribution in [2.75, 3.05) is 6.61 Å². The lowest BCUT2D eigenvalue weighted by Gasteiger charge is -1.84. The molecule has 45 valence electrons. The molecule has 1 radical (unpaired) electrons. The Kier molecular flexibility index (Phi) is 4.27. The van der Waals surface area contributed by atoms with Crippen molar-refractivity contribution in [2.45, 2.75) is 13.8 Å². The molecule has 0 aliphatic carbocycles. The normalized spacial score (nSPS) is 13.1. The van der Waals surface area contributed by atoms with Crippen molar-refractivity contribution in [3.63, 3.8) is 0 Å². The molecule has 0 saturated heterocycles. The summed E-state index contributed by atoms with van der Waals surface area (Å²) >= 11 is 0. The first-order chi connectivity index (χ1) is 3.81. The quantitative estimate of drug-likeness (QED) is 0.485. The molecule has 0 unspecified atom stereocenters. The first-order valence-corrected chi connectivity index (χ1v) is 2.67. The molecular formula is C7H11O. The van der Waals surface area contributed by atoms with Gasteiger partial charge in [-0.25, -0.2) is 5.11 Å². The Morgan fingerprint density at radius 2 is 2.25 bits per heavy atom. The molecule has 0 aliphatic heterocycles. The Bertz CT molecular complexity index is 101. The van der Waals surface area contributed by atoms with E-state index in [1.807, 2.05) is 32.1 Å². The van der Waals surface area contributed by atoms with Gasteiger partial charge in [-0.3, -0.25) is 0 Å². The molecule has 0 aromatic rings. The van der Waals surface area contributed by atoms with Crippen LogP contribution in [0.4, 0.5) is 0 Å². The van der Waals surface area contributed by atoms with E-state index in [-0.39, 0.29) is 6.61 Å². The van der Waals surface area contributed by atoms with E-state index in [1.165, 1.54) is 0 Å². The molecule has 0 aliphatic rings. The summed E-state index contributed by atoms with van der Waals surface area (Å²) in [4.78, 5) is 0. The van der Waals surface area contributed by atoms with E-state index >= 15 is 0 Å². The molecule has 0 aromatic carbocycles. The molecule has 1 nitrogen and oxygen atoms in total. The van der Waals surface area contributed by atoms with Crippen LogP contribution >= 0.6 is 0 Å². The molecule has 0 rings (SSSR count). The molecule has 0 bridgehead atoms. The largest absolute Gasteiger partial charge is 0.232 e. The van der Waals surface area contributed by atoms with E-state index in [9.17, 15) is 5.11 Å². The first-order valence-electron chi connectivity index (χ1n) is 2.67. The van der Waals surface area contributed by atoms with Gasteiger partial charge in [0.05, 0.1) is 0 Å².